The van der Waals surface area contributed by atoms with E-state index in [9.17, 15) is 4.79 Å². The highest BCUT2D eigenvalue weighted by atomic mass is 16.5. The molecule has 0 bridgehead atoms. The number of ether oxygens (including phenoxy) is 1. The largest absolute Gasteiger partial charge is 0.364 e. The van der Waals surface area contributed by atoms with Crippen LogP contribution in [-0.2, 0) is 11.3 Å². The lowest BCUT2D eigenvalue weighted by Crippen LogP contribution is -2.31. The Balaban J connectivity index is 2.39. The molecular formula is C15H20N2O2. The second kappa shape index (κ2) is 8.17. The van der Waals surface area contributed by atoms with E-state index in [0.717, 1.165) is 11.3 Å². The van der Waals surface area contributed by atoms with Gasteiger partial charge in [-0.3, -0.25) is 0 Å². The third-order valence-electron chi connectivity index (χ3n) is 2.34. The van der Waals surface area contributed by atoms with Crippen molar-refractivity contribution in [2.24, 2.45) is 5.92 Å². The summed E-state index contributed by atoms with van der Waals surface area (Å²) in [4.78, 5) is 11.5. The van der Waals surface area contributed by atoms with Crippen molar-refractivity contribution in [2.75, 3.05) is 18.5 Å². The molecule has 2 N–H and O–H groups in total. The predicted octanol–water partition coefficient (Wildman–Crippen LogP) is 2.61. The summed E-state index contributed by atoms with van der Waals surface area (Å²) in [5.41, 5.74) is 1.77. The lowest BCUT2D eigenvalue weighted by Gasteiger charge is -2.09. The van der Waals surface area contributed by atoms with Crippen LogP contribution in [0.2, 0.25) is 0 Å². The van der Waals surface area contributed by atoms with E-state index in [1.54, 1.807) is 0 Å². The van der Waals surface area contributed by atoms with E-state index < -0.39 is 0 Å². The van der Waals surface area contributed by atoms with Gasteiger partial charge in [-0.15, -0.1) is 6.42 Å². The Morgan fingerprint density at radius 3 is 2.63 bits per heavy atom. The summed E-state index contributed by atoms with van der Waals surface area (Å²) in [7, 11) is 0. The lowest BCUT2D eigenvalue weighted by atomic mass is 10.2. The summed E-state index contributed by atoms with van der Waals surface area (Å²) in [6, 6.07) is 7.28. The molecule has 0 saturated carbocycles. The van der Waals surface area contributed by atoms with Gasteiger partial charge in [0.15, 0.2) is 0 Å². The first kappa shape index (κ1) is 15.1. The summed E-state index contributed by atoms with van der Waals surface area (Å²) < 4.78 is 5.22. The van der Waals surface area contributed by atoms with Crippen molar-refractivity contribution < 1.29 is 9.53 Å². The highest BCUT2D eigenvalue weighted by Gasteiger charge is 2.02. The number of carbonyl (C=O) groups excluding carboxylic acids is 1. The van der Waals surface area contributed by atoms with Gasteiger partial charge in [-0.2, -0.15) is 0 Å². The van der Waals surface area contributed by atoms with Crippen LogP contribution in [0.15, 0.2) is 24.3 Å². The molecule has 102 valence electrons. The molecule has 4 nitrogen and oxygen atoms in total. The minimum absolute atomic E-state index is 0.190. The third kappa shape index (κ3) is 6.49. The maximum Gasteiger partial charge on any atom is 0.319 e. The Morgan fingerprint density at radius 2 is 2.05 bits per heavy atom. The highest BCUT2D eigenvalue weighted by molar-refractivity contribution is 5.89. The molecule has 4 heteroatoms. The summed E-state index contributed by atoms with van der Waals surface area (Å²) in [5, 5.41) is 5.56. The highest BCUT2D eigenvalue weighted by Crippen LogP contribution is 2.10. The second-order valence-electron chi connectivity index (χ2n) is 4.62. The fourth-order valence-electron chi connectivity index (χ4n) is 1.38. The van der Waals surface area contributed by atoms with Crippen LogP contribution in [0.25, 0.3) is 0 Å². The first-order chi connectivity index (χ1) is 9.11. The zero-order chi connectivity index (χ0) is 14.1. The third-order valence-corrected chi connectivity index (χ3v) is 2.34. The number of terminal acetylenes is 1. The molecule has 1 rings (SSSR count). The van der Waals surface area contributed by atoms with Gasteiger partial charge in [0, 0.05) is 12.2 Å². The minimum Gasteiger partial charge on any atom is -0.364 e. The van der Waals surface area contributed by atoms with E-state index in [4.69, 9.17) is 11.2 Å². The minimum atomic E-state index is -0.190. The van der Waals surface area contributed by atoms with Gasteiger partial charge in [0.25, 0.3) is 0 Å². The molecule has 1 aromatic carbocycles. The first-order valence-electron chi connectivity index (χ1n) is 6.27. The summed E-state index contributed by atoms with van der Waals surface area (Å²) >= 11 is 0. The molecule has 0 fully saturated rings. The monoisotopic (exact) mass is 260 g/mol. The van der Waals surface area contributed by atoms with E-state index in [-0.39, 0.29) is 6.03 Å². The number of hydrogen-bond donors (Lipinski definition) is 2. The van der Waals surface area contributed by atoms with Crippen molar-refractivity contribution >= 4 is 11.7 Å². The SMILES string of the molecule is C#CCOCc1ccc(NC(=O)NCC(C)C)cc1. The van der Waals surface area contributed by atoms with E-state index in [1.165, 1.54) is 0 Å². The average molecular weight is 260 g/mol. The van der Waals surface area contributed by atoms with Crippen molar-refractivity contribution in [3.05, 3.63) is 29.8 Å². The summed E-state index contributed by atoms with van der Waals surface area (Å²) in [6.45, 7) is 5.53. The van der Waals surface area contributed by atoms with Crippen LogP contribution < -0.4 is 10.6 Å². The molecule has 0 aliphatic heterocycles. The number of urea groups is 1. The average Bonchev–Trinajstić information content (AvgIpc) is 2.39. The van der Waals surface area contributed by atoms with Gasteiger partial charge in [0.2, 0.25) is 0 Å². The van der Waals surface area contributed by atoms with Crippen LogP contribution in [0.1, 0.15) is 19.4 Å². The maximum absolute atomic E-state index is 11.5. The molecule has 0 atom stereocenters. The number of anilines is 1. The van der Waals surface area contributed by atoms with Crippen LogP contribution in [0.4, 0.5) is 10.5 Å². The Labute approximate surface area is 114 Å². The lowest BCUT2D eigenvalue weighted by molar-refractivity contribution is 0.153. The van der Waals surface area contributed by atoms with Gasteiger partial charge in [0.1, 0.15) is 6.61 Å². The molecule has 0 spiro atoms. The number of benzene rings is 1. The topological polar surface area (TPSA) is 50.4 Å². The van der Waals surface area contributed by atoms with Crippen molar-refractivity contribution in [2.45, 2.75) is 20.5 Å². The zero-order valence-corrected chi connectivity index (χ0v) is 11.4. The number of amides is 2. The summed E-state index contributed by atoms with van der Waals surface area (Å²) in [5.74, 6) is 2.84. The standard InChI is InChI=1S/C15H20N2O2/c1-4-9-19-11-13-5-7-14(8-6-13)17-15(18)16-10-12(2)3/h1,5-8,12H,9-11H2,2-3H3,(H2,16,17,18). The number of nitrogens with one attached hydrogen (secondary N) is 2. The van der Waals surface area contributed by atoms with Crippen LogP contribution in [-0.4, -0.2) is 19.2 Å². The quantitative estimate of drug-likeness (QED) is 0.610. The molecule has 0 heterocycles. The Kier molecular flexibility index (Phi) is 6.48. The van der Waals surface area contributed by atoms with E-state index in [1.807, 2.05) is 38.1 Å². The van der Waals surface area contributed by atoms with Crippen molar-refractivity contribution in [1.82, 2.24) is 5.32 Å². The van der Waals surface area contributed by atoms with Crippen LogP contribution >= 0.6 is 0 Å². The number of carbonyl (C=O) groups is 1. The predicted molar refractivity (Wildman–Crippen MR) is 76.8 cm³/mol. The van der Waals surface area contributed by atoms with Crippen molar-refractivity contribution in [1.29, 1.82) is 0 Å². The van der Waals surface area contributed by atoms with Gasteiger partial charge >= 0.3 is 6.03 Å². The smallest absolute Gasteiger partial charge is 0.319 e. The van der Waals surface area contributed by atoms with E-state index in [0.29, 0.717) is 25.7 Å². The normalized spacial score (nSPS) is 10.0. The van der Waals surface area contributed by atoms with E-state index >= 15 is 0 Å². The Hall–Kier alpha value is -1.99. The number of hydrogen-bond acceptors (Lipinski definition) is 2. The molecule has 0 saturated heterocycles. The molecule has 0 aliphatic rings. The summed E-state index contributed by atoms with van der Waals surface area (Å²) in [6.07, 6.45) is 5.09. The van der Waals surface area contributed by atoms with Crippen molar-refractivity contribution in [3.63, 3.8) is 0 Å². The van der Waals surface area contributed by atoms with Crippen LogP contribution in [0.5, 0.6) is 0 Å². The first-order valence-corrected chi connectivity index (χ1v) is 6.27. The molecule has 2 amide bonds. The molecule has 0 aromatic heterocycles. The maximum atomic E-state index is 11.5. The molecule has 0 aliphatic carbocycles. The van der Waals surface area contributed by atoms with Gasteiger partial charge in [-0.1, -0.05) is 31.9 Å². The fourth-order valence-corrected chi connectivity index (χ4v) is 1.38. The zero-order valence-electron chi connectivity index (χ0n) is 11.4. The van der Waals surface area contributed by atoms with Gasteiger partial charge in [-0.05, 0) is 23.6 Å². The molecule has 1 aromatic rings. The fraction of sp³-hybridized carbons (Fsp3) is 0.400. The van der Waals surface area contributed by atoms with E-state index in [2.05, 4.69) is 16.6 Å². The second-order valence-corrected chi connectivity index (χ2v) is 4.62. The molecular weight excluding hydrogens is 240 g/mol. The van der Waals surface area contributed by atoms with Crippen LogP contribution in [0, 0.1) is 18.3 Å². The van der Waals surface area contributed by atoms with Gasteiger partial charge in [0.05, 0.1) is 6.61 Å². The molecule has 19 heavy (non-hydrogen) atoms. The van der Waals surface area contributed by atoms with Crippen molar-refractivity contribution in [3.8, 4) is 12.3 Å². The Bertz CT molecular complexity index is 432. The molecule has 0 radical (unpaired) electrons. The number of rotatable bonds is 6. The van der Waals surface area contributed by atoms with Crippen LogP contribution in [0.3, 0.4) is 0 Å². The van der Waals surface area contributed by atoms with Gasteiger partial charge in [-0.25, -0.2) is 4.79 Å². The molecule has 0 unspecified atom stereocenters. The Morgan fingerprint density at radius 1 is 1.37 bits per heavy atom. The van der Waals surface area contributed by atoms with Gasteiger partial charge < -0.3 is 15.4 Å².